The van der Waals surface area contributed by atoms with E-state index in [9.17, 15) is 4.79 Å². The van der Waals surface area contributed by atoms with Crippen molar-refractivity contribution in [2.75, 3.05) is 32.1 Å². The van der Waals surface area contributed by atoms with Crippen molar-refractivity contribution < 1.29 is 9.53 Å². The van der Waals surface area contributed by atoms with Crippen molar-refractivity contribution in [2.45, 2.75) is 13.3 Å². The first-order chi connectivity index (χ1) is 11.1. The van der Waals surface area contributed by atoms with Crippen LogP contribution in [0.1, 0.15) is 12.0 Å². The van der Waals surface area contributed by atoms with Crippen molar-refractivity contribution in [3.8, 4) is 10.4 Å². The summed E-state index contributed by atoms with van der Waals surface area (Å²) in [5.41, 5.74) is 3.23. The van der Waals surface area contributed by atoms with Crippen LogP contribution < -0.4 is 5.32 Å². The fraction of sp³-hybridized carbons (Fsp3) is 0.389. The van der Waals surface area contributed by atoms with E-state index in [1.54, 1.807) is 16.2 Å². The van der Waals surface area contributed by atoms with Crippen molar-refractivity contribution >= 4 is 23.1 Å². The molecular weight excluding hydrogens is 308 g/mol. The summed E-state index contributed by atoms with van der Waals surface area (Å²) in [5, 5.41) is 5.08. The van der Waals surface area contributed by atoms with E-state index in [0.29, 0.717) is 5.92 Å². The standard InChI is InChI=1S/C18H22N2O2S/c1-13-7-9-23-17(13)15-4-3-5-16(10-15)19-18(21)20(2)11-14-6-8-22-12-14/h3-5,7,9-10,14H,6,8,11-12H2,1-2H3,(H,19,21)/t14-/m0/s1. The predicted molar refractivity (Wildman–Crippen MR) is 95.1 cm³/mol. The Morgan fingerprint density at radius 3 is 3.00 bits per heavy atom. The van der Waals surface area contributed by atoms with Crippen LogP contribution in [0.4, 0.5) is 10.5 Å². The van der Waals surface area contributed by atoms with E-state index < -0.39 is 0 Å². The second kappa shape index (κ2) is 7.15. The monoisotopic (exact) mass is 330 g/mol. The van der Waals surface area contributed by atoms with Gasteiger partial charge in [0.05, 0.1) is 6.61 Å². The molecule has 1 fully saturated rings. The number of carbonyl (C=O) groups excluding carboxylic acids is 1. The number of nitrogens with one attached hydrogen (secondary N) is 1. The number of nitrogens with zero attached hydrogens (tertiary/aromatic N) is 1. The maximum Gasteiger partial charge on any atom is 0.321 e. The molecule has 1 aliphatic rings. The molecule has 5 heteroatoms. The van der Waals surface area contributed by atoms with E-state index >= 15 is 0 Å². The van der Waals surface area contributed by atoms with Crippen molar-refractivity contribution in [3.63, 3.8) is 0 Å². The SMILES string of the molecule is Cc1ccsc1-c1cccc(NC(=O)N(C)C[C@@H]2CCOC2)c1. The maximum absolute atomic E-state index is 12.3. The molecule has 1 N–H and O–H groups in total. The zero-order chi connectivity index (χ0) is 16.2. The first kappa shape index (κ1) is 16.0. The molecule has 122 valence electrons. The van der Waals surface area contributed by atoms with Gasteiger partial charge in [0.1, 0.15) is 0 Å². The summed E-state index contributed by atoms with van der Waals surface area (Å²) in [6.45, 7) is 4.40. The Kier molecular flexibility index (Phi) is 4.98. The van der Waals surface area contributed by atoms with Gasteiger partial charge in [-0.15, -0.1) is 11.3 Å². The minimum atomic E-state index is -0.0723. The maximum atomic E-state index is 12.3. The second-order valence-corrected chi connectivity index (χ2v) is 6.97. The summed E-state index contributed by atoms with van der Waals surface area (Å²) < 4.78 is 5.37. The first-order valence-corrected chi connectivity index (χ1v) is 8.76. The van der Waals surface area contributed by atoms with Gasteiger partial charge in [-0.25, -0.2) is 4.79 Å². The number of ether oxygens (including phenoxy) is 1. The van der Waals surface area contributed by atoms with E-state index in [0.717, 1.165) is 37.4 Å². The fourth-order valence-corrected chi connectivity index (χ4v) is 3.75. The lowest BCUT2D eigenvalue weighted by Crippen LogP contribution is -2.35. The van der Waals surface area contributed by atoms with Gasteiger partial charge >= 0.3 is 6.03 Å². The van der Waals surface area contributed by atoms with E-state index in [-0.39, 0.29) is 6.03 Å². The minimum Gasteiger partial charge on any atom is -0.381 e. The predicted octanol–water partition coefficient (Wildman–Crippen LogP) is 4.22. The zero-order valence-corrected chi connectivity index (χ0v) is 14.4. The highest BCUT2D eigenvalue weighted by molar-refractivity contribution is 7.13. The molecular formula is C18H22N2O2S. The van der Waals surface area contributed by atoms with Gasteiger partial charge in [0.2, 0.25) is 0 Å². The number of rotatable bonds is 4. The quantitative estimate of drug-likeness (QED) is 0.912. The summed E-state index contributed by atoms with van der Waals surface area (Å²) in [7, 11) is 1.83. The Balaban J connectivity index is 1.65. The number of carbonyl (C=O) groups is 1. The van der Waals surface area contributed by atoms with Crippen molar-refractivity contribution in [1.82, 2.24) is 4.90 Å². The van der Waals surface area contributed by atoms with Gasteiger partial charge in [0.15, 0.2) is 0 Å². The molecule has 1 saturated heterocycles. The highest BCUT2D eigenvalue weighted by Crippen LogP contribution is 2.30. The van der Waals surface area contributed by atoms with Crippen molar-refractivity contribution in [1.29, 1.82) is 0 Å². The average molecular weight is 330 g/mol. The van der Waals surface area contributed by atoms with Gasteiger partial charge in [-0.05, 0) is 48.1 Å². The number of thiophene rings is 1. The molecule has 2 amide bonds. The van der Waals surface area contributed by atoms with Crippen LogP contribution in [0.3, 0.4) is 0 Å². The number of hydrogen-bond acceptors (Lipinski definition) is 3. The van der Waals surface area contributed by atoms with Crippen LogP contribution in [0.15, 0.2) is 35.7 Å². The zero-order valence-electron chi connectivity index (χ0n) is 13.5. The largest absolute Gasteiger partial charge is 0.381 e. The van der Waals surface area contributed by atoms with Crippen LogP contribution in [0.25, 0.3) is 10.4 Å². The van der Waals surface area contributed by atoms with Gasteiger partial charge < -0.3 is 15.0 Å². The lowest BCUT2D eigenvalue weighted by Gasteiger charge is -2.21. The van der Waals surface area contributed by atoms with Crippen LogP contribution in [-0.2, 0) is 4.74 Å². The Labute approximate surface area is 141 Å². The number of urea groups is 1. The third-order valence-corrected chi connectivity index (χ3v) is 5.21. The van der Waals surface area contributed by atoms with Crippen molar-refractivity contribution in [2.24, 2.45) is 5.92 Å². The molecule has 1 aliphatic heterocycles. The molecule has 0 saturated carbocycles. The van der Waals surface area contributed by atoms with Gasteiger partial charge in [-0.2, -0.15) is 0 Å². The fourth-order valence-electron chi connectivity index (χ4n) is 2.82. The van der Waals surface area contributed by atoms with Gasteiger partial charge in [0, 0.05) is 36.7 Å². The molecule has 0 aliphatic carbocycles. The summed E-state index contributed by atoms with van der Waals surface area (Å²) in [5.74, 6) is 0.450. The Bertz CT molecular complexity index is 677. The summed E-state index contributed by atoms with van der Waals surface area (Å²) in [6, 6.07) is 10.1. The molecule has 4 nitrogen and oxygen atoms in total. The van der Waals surface area contributed by atoms with Crippen LogP contribution in [-0.4, -0.2) is 37.7 Å². The van der Waals surface area contributed by atoms with Gasteiger partial charge in [0.25, 0.3) is 0 Å². The Morgan fingerprint density at radius 2 is 2.30 bits per heavy atom. The highest BCUT2D eigenvalue weighted by Gasteiger charge is 2.20. The van der Waals surface area contributed by atoms with Gasteiger partial charge in [-0.1, -0.05) is 12.1 Å². The molecule has 0 bridgehead atoms. The molecule has 0 spiro atoms. The topological polar surface area (TPSA) is 41.6 Å². The highest BCUT2D eigenvalue weighted by atomic mass is 32.1. The minimum absolute atomic E-state index is 0.0723. The van der Waals surface area contributed by atoms with Crippen LogP contribution in [0, 0.1) is 12.8 Å². The van der Waals surface area contributed by atoms with Crippen molar-refractivity contribution in [3.05, 3.63) is 41.3 Å². The van der Waals surface area contributed by atoms with Crippen LogP contribution in [0.2, 0.25) is 0 Å². The molecule has 0 unspecified atom stereocenters. The summed E-state index contributed by atoms with van der Waals surface area (Å²) >= 11 is 1.72. The summed E-state index contributed by atoms with van der Waals surface area (Å²) in [6.07, 6.45) is 1.03. The molecule has 2 aromatic rings. The van der Waals surface area contributed by atoms with Gasteiger partial charge in [-0.3, -0.25) is 0 Å². The average Bonchev–Trinajstić information content (AvgIpc) is 3.19. The van der Waals surface area contributed by atoms with Crippen LogP contribution >= 0.6 is 11.3 Å². The molecule has 23 heavy (non-hydrogen) atoms. The summed E-state index contributed by atoms with van der Waals surface area (Å²) in [4.78, 5) is 15.3. The third kappa shape index (κ3) is 3.92. The number of amides is 2. The van der Waals surface area contributed by atoms with E-state index in [2.05, 4.69) is 29.8 Å². The first-order valence-electron chi connectivity index (χ1n) is 7.88. The van der Waals surface area contributed by atoms with E-state index in [4.69, 9.17) is 4.74 Å². The lowest BCUT2D eigenvalue weighted by molar-refractivity contribution is 0.175. The second-order valence-electron chi connectivity index (χ2n) is 6.05. The Morgan fingerprint density at radius 1 is 1.43 bits per heavy atom. The molecule has 2 heterocycles. The van der Waals surface area contributed by atoms with E-state index in [1.165, 1.54) is 10.4 Å². The van der Waals surface area contributed by atoms with E-state index in [1.807, 2.05) is 25.2 Å². The molecule has 1 atom stereocenters. The number of aryl methyl sites for hydroxylation is 1. The normalized spacial score (nSPS) is 17.2. The Hall–Kier alpha value is -1.85. The number of hydrogen-bond donors (Lipinski definition) is 1. The van der Waals surface area contributed by atoms with Crippen LogP contribution in [0.5, 0.6) is 0 Å². The molecule has 0 radical (unpaired) electrons. The molecule has 1 aromatic heterocycles. The molecule has 3 rings (SSSR count). The number of anilines is 1. The smallest absolute Gasteiger partial charge is 0.321 e. The third-order valence-electron chi connectivity index (χ3n) is 4.14. The molecule has 1 aromatic carbocycles. The number of benzene rings is 1. The lowest BCUT2D eigenvalue weighted by atomic mass is 10.1.